The van der Waals surface area contributed by atoms with Crippen LogP contribution in [0.3, 0.4) is 0 Å². The molecule has 2 aromatic carbocycles. The maximum Gasteiger partial charge on any atom is 0.335 e. The topological polar surface area (TPSA) is 76.8 Å². The van der Waals surface area contributed by atoms with E-state index in [4.69, 9.17) is 19.6 Å². The number of para-hydroxylation sites is 2. The van der Waals surface area contributed by atoms with Crippen molar-refractivity contribution in [3.05, 3.63) is 59.9 Å². The summed E-state index contributed by atoms with van der Waals surface area (Å²) in [4.78, 5) is 18.3. The van der Waals surface area contributed by atoms with Crippen molar-refractivity contribution >= 4 is 17.0 Å². The first-order chi connectivity index (χ1) is 15.7. The van der Waals surface area contributed by atoms with Crippen LogP contribution in [-0.2, 0) is 11.3 Å². The van der Waals surface area contributed by atoms with Crippen LogP contribution in [0.1, 0.15) is 41.9 Å². The Morgan fingerprint density at radius 3 is 2.53 bits per heavy atom. The van der Waals surface area contributed by atoms with E-state index in [-0.39, 0.29) is 5.56 Å². The second kappa shape index (κ2) is 10.6. The zero-order chi connectivity index (χ0) is 22.3. The molecule has 0 spiro atoms. The predicted molar refractivity (Wildman–Crippen MR) is 124 cm³/mol. The minimum absolute atomic E-state index is 0.270. The summed E-state index contributed by atoms with van der Waals surface area (Å²) in [7, 11) is 0. The molecule has 0 bridgehead atoms. The largest absolute Gasteiger partial charge is 0.492 e. The van der Waals surface area contributed by atoms with Crippen LogP contribution in [0.2, 0.25) is 0 Å². The van der Waals surface area contributed by atoms with E-state index in [0.717, 1.165) is 51.1 Å². The van der Waals surface area contributed by atoms with Crippen LogP contribution in [0.25, 0.3) is 11.0 Å². The van der Waals surface area contributed by atoms with Gasteiger partial charge in [-0.15, -0.1) is 0 Å². The van der Waals surface area contributed by atoms with E-state index in [1.54, 1.807) is 24.3 Å². The number of likely N-dealkylation sites (tertiary alicyclic amines) is 1. The van der Waals surface area contributed by atoms with Crippen LogP contribution < -0.4 is 4.74 Å². The number of aromatic nitrogens is 2. The Balaban J connectivity index is 1.31. The molecule has 32 heavy (non-hydrogen) atoms. The number of piperidine rings is 1. The summed E-state index contributed by atoms with van der Waals surface area (Å²) in [5.41, 5.74) is 2.52. The SMILES string of the molecule is CCOCCn1c(C2CCN(CCOc3ccc(C(=O)O)cc3)CC2)nc2ccccc21. The standard InChI is InChI=1S/C25H31N3O4/c1-2-31-17-16-28-23-6-4-3-5-22(23)26-24(28)19-11-13-27(14-12-19)15-18-32-21-9-7-20(8-10-21)25(29)30/h3-10,19H,2,11-18H2,1H3,(H,29,30). The molecule has 0 atom stereocenters. The Morgan fingerprint density at radius 1 is 1.06 bits per heavy atom. The van der Waals surface area contributed by atoms with Crippen LogP contribution in [0, 0.1) is 0 Å². The van der Waals surface area contributed by atoms with E-state index in [1.807, 2.05) is 13.0 Å². The van der Waals surface area contributed by atoms with Gasteiger partial charge in [-0.1, -0.05) is 12.1 Å². The average molecular weight is 438 g/mol. The highest BCUT2D eigenvalue weighted by atomic mass is 16.5. The molecule has 0 unspecified atom stereocenters. The van der Waals surface area contributed by atoms with Crippen molar-refractivity contribution in [2.24, 2.45) is 0 Å². The molecular formula is C25H31N3O4. The van der Waals surface area contributed by atoms with Gasteiger partial charge in [-0.25, -0.2) is 9.78 Å². The molecule has 7 heteroatoms. The normalized spacial score (nSPS) is 15.3. The predicted octanol–water partition coefficient (Wildman–Crippen LogP) is 4.03. The highest BCUT2D eigenvalue weighted by molar-refractivity contribution is 5.87. The summed E-state index contributed by atoms with van der Waals surface area (Å²) in [6.45, 7) is 7.76. The van der Waals surface area contributed by atoms with Crippen LogP contribution in [0.15, 0.2) is 48.5 Å². The molecule has 0 saturated carbocycles. The van der Waals surface area contributed by atoms with Gasteiger partial charge in [-0.05, 0) is 69.3 Å². The fourth-order valence-electron chi connectivity index (χ4n) is 4.34. The molecule has 0 amide bonds. The molecule has 1 aliphatic rings. The third-order valence-corrected chi connectivity index (χ3v) is 6.08. The first-order valence-electron chi connectivity index (χ1n) is 11.4. The summed E-state index contributed by atoms with van der Waals surface area (Å²) in [6.07, 6.45) is 2.15. The van der Waals surface area contributed by atoms with E-state index < -0.39 is 5.97 Å². The number of ether oxygens (including phenoxy) is 2. The van der Waals surface area contributed by atoms with Crippen molar-refractivity contribution in [2.45, 2.75) is 32.2 Å². The molecule has 4 rings (SSSR count). The number of carboxylic acids is 1. The molecule has 0 aliphatic carbocycles. The molecule has 1 aliphatic heterocycles. The van der Waals surface area contributed by atoms with Crippen molar-refractivity contribution in [3.63, 3.8) is 0 Å². The first-order valence-corrected chi connectivity index (χ1v) is 11.4. The van der Waals surface area contributed by atoms with E-state index in [9.17, 15) is 4.79 Å². The maximum atomic E-state index is 10.9. The molecule has 1 N–H and O–H groups in total. The van der Waals surface area contributed by atoms with Crippen LogP contribution in [0.5, 0.6) is 5.75 Å². The van der Waals surface area contributed by atoms with Gasteiger partial charge in [0.25, 0.3) is 0 Å². The fraction of sp³-hybridized carbons (Fsp3) is 0.440. The highest BCUT2D eigenvalue weighted by Gasteiger charge is 2.25. The second-order valence-corrected chi connectivity index (χ2v) is 8.10. The van der Waals surface area contributed by atoms with Gasteiger partial charge in [0.2, 0.25) is 0 Å². The molecule has 7 nitrogen and oxygen atoms in total. The summed E-state index contributed by atoms with van der Waals surface area (Å²) in [5, 5.41) is 8.98. The van der Waals surface area contributed by atoms with Gasteiger partial charge in [-0.2, -0.15) is 0 Å². The van der Waals surface area contributed by atoms with Gasteiger partial charge in [0, 0.05) is 25.6 Å². The number of imidazole rings is 1. The summed E-state index contributed by atoms with van der Waals surface area (Å²) in [6, 6.07) is 14.9. The van der Waals surface area contributed by atoms with Crippen molar-refractivity contribution in [3.8, 4) is 5.75 Å². The molecular weight excluding hydrogens is 406 g/mol. The van der Waals surface area contributed by atoms with Crippen molar-refractivity contribution in [1.82, 2.24) is 14.5 Å². The van der Waals surface area contributed by atoms with E-state index >= 15 is 0 Å². The highest BCUT2D eigenvalue weighted by Crippen LogP contribution is 2.30. The number of benzene rings is 2. The second-order valence-electron chi connectivity index (χ2n) is 8.10. The van der Waals surface area contributed by atoms with Crippen molar-refractivity contribution in [2.75, 3.05) is 39.5 Å². The lowest BCUT2D eigenvalue weighted by Gasteiger charge is -2.31. The molecule has 170 valence electrons. The number of carboxylic acid groups (broad SMARTS) is 1. The lowest BCUT2D eigenvalue weighted by Crippen LogP contribution is -2.36. The minimum atomic E-state index is -0.925. The Bertz CT molecular complexity index is 1020. The lowest BCUT2D eigenvalue weighted by atomic mass is 9.96. The van der Waals surface area contributed by atoms with Gasteiger partial charge >= 0.3 is 5.97 Å². The third kappa shape index (κ3) is 5.29. The maximum absolute atomic E-state index is 10.9. The number of fused-ring (bicyclic) bond motifs is 1. The van der Waals surface area contributed by atoms with Gasteiger partial charge in [0.1, 0.15) is 18.2 Å². The van der Waals surface area contributed by atoms with Gasteiger partial charge in [-0.3, -0.25) is 4.90 Å². The Labute approximate surface area is 188 Å². The lowest BCUT2D eigenvalue weighted by molar-refractivity contribution is 0.0697. The Morgan fingerprint density at radius 2 is 1.81 bits per heavy atom. The molecule has 3 aromatic rings. The summed E-state index contributed by atoms with van der Waals surface area (Å²) >= 11 is 0. The third-order valence-electron chi connectivity index (χ3n) is 6.08. The molecule has 0 radical (unpaired) electrons. The quantitative estimate of drug-likeness (QED) is 0.483. The number of hydrogen-bond acceptors (Lipinski definition) is 5. The molecule has 1 saturated heterocycles. The summed E-state index contributed by atoms with van der Waals surface area (Å²) < 4.78 is 13.8. The molecule has 1 aromatic heterocycles. The van der Waals surface area contributed by atoms with Crippen molar-refractivity contribution in [1.29, 1.82) is 0 Å². The smallest absolute Gasteiger partial charge is 0.335 e. The number of hydrogen-bond donors (Lipinski definition) is 1. The zero-order valence-electron chi connectivity index (χ0n) is 18.6. The van der Waals surface area contributed by atoms with Crippen LogP contribution in [0.4, 0.5) is 0 Å². The zero-order valence-corrected chi connectivity index (χ0v) is 18.6. The minimum Gasteiger partial charge on any atom is -0.492 e. The van der Waals surface area contributed by atoms with E-state index in [2.05, 4.69) is 27.7 Å². The summed E-state index contributed by atoms with van der Waals surface area (Å²) in [5.74, 6) is 1.41. The van der Waals surface area contributed by atoms with Crippen LogP contribution >= 0.6 is 0 Å². The molecule has 1 fully saturated rings. The fourth-order valence-corrected chi connectivity index (χ4v) is 4.34. The van der Waals surface area contributed by atoms with Gasteiger partial charge in [0.05, 0.1) is 23.2 Å². The van der Waals surface area contributed by atoms with Crippen molar-refractivity contribution < 1.29 is 19.4 Å². The molecule has 2 heterocycles. The number of aromatic carboxylic acids is 1. The Hall–Kier alpha value is -2.90. The van der Waals surface area contributed by atoms with E-state index in [0.29, 0.717) is 24.9 Å². The van der Waals surface area contributed by atoms with Gasteiger partial charge < -0.3 is 19.1 Å². The van der Waals surface area contributed by atoms with E-state index in [1.165, 1.54) is 11.3 Å². The number of rotatable bonds is 10. The average Bonchev–Trinajstić information content (AvgIpc) is 3.19. The number of nitrogens with zero attached hydrogens (tertiary/aromatic N) is 3. The van der Waals surface area contributed by atoms with Crippen LogP contribution in [-0.4, -0.2) is 65.0 Å². The number of carbonyl (C=O) groups is 1. The monoisotopic (exact) mass is 437 g/mol. The Kier molecular flexibility index (Phi) is 7.39. The first kappa shape index (κ1) is 22.3. The van der Waals surface area contributed by atoms with Gasteiger partial charge in [0.15, 0.2) is 0 Å².